The lowest BCUT2D eigenvalue weighted by Crippen LogP contribution is -2.33. The molecule has 2 atom stereocenters. The summed E-state index contributed by atoms with van der Waals surface area (Å²) in [7, 11) is 0. The molecule has 90 valence electrons. The molecule has 2 unspecified atom stereocenters. The third-order valence-electron chi connectivity index (χ3n) is 3.55. The van der Waals surface area contributed by atoms with Crippen LogP contribution in [0.1, 0.15) is 37.5 Å². The van der Waals surface area contributed by atoms with Crippen LogP contribution in [0.5, 0.6) is 0 Å². The Labute approximate surface area is 100 Å². The third-order valence-corrected chi connectivity index (χ3v) is 3.55. The zero-order valence-corrected chi connectivity index (χ0v) is 11.3. The Kier molecular flexibility index (Phi) is 5.01. The normalized spacial score (nSPS) is 14.8. The Morgan fingerprint density at radius 2 is 1.69 bits per heavy atom. The molecular formula is C15H25N. The highest BCUT2D eigenvalue weighted by Gasteiger charge is 2.13. The highest BCUT2D eigenvalue weighted by molar-refractivity contribution is 5.33. The molecule has 0 spiro atoms. The van der Waals surface area contributed by atoms with Crippen LogP contribution in [0.25, 0.3) is 0 Å². The second-order valence-electron chi connectivity index (χ2n) is 4.90. The summed E-state index contributed by atoms with van der Waals surface area (Å²) in [6.45, 7) is 12.3. The maximum Gasteiger partial charge on any atom is 0.00674 e. The molecule has 0 fully saturated rings. The van der Waals surface area contributed by atoms with Crippen molar-refractivity contribution in [1.29, 1.82) is 0 Å². The van der Waals surface area contributed by atoms with E-state index >= 15 is 0 Å². The largest absolute Gasteiger partial charge is 0.314 e. The summed E-state index contributed by atoms with van der Waals surface area (Å²) in [5, 5.41) is 3.50. The van der Waals surface area contributed by atoms with Gasteiger partial charge in [0, 0.05) is 6.04 Å². The van der Waals surface area contributed by atoms with Crippen molar-refractivity contribution < 1.29 is 0 Å². The molecule has 1 aromatic rings. The summed E-state index contributed by atoms with van der Waals surface area (Å²) >= 11 is 0. The Morgan fingerprint density at radius 3 is 2.19 bits per heavy atom. The van der Waals surface area contributed by atoms with Gasteiger partial charge >= 0.3 is 0 Å². The van der Waals surface area contributed by atoms with Gasteiger partial charge in [-0.1, -0.05) is 32.0 Å². The van der Waals surface area contributed by atoms with Gasteiger partial charge in [-0.2, -0.15) is 0 Å². The van der Waals surface area contributed by atoms with Crippen molar-refractivity contribution in [1.82, 2.24) is 5.32 Å². The van der Waals surface area contributed by atoms with Gasteiger partial charge in [-0.3, -0.25) is 0 Å². The van der Waals surface area contributed by atoms with Crippen molar-refractivity contribution >= 4 is 0 Å². The van der Waals surface area contributed by atoms with Gasteiger partial charge in [0.1, 0.15) is 0 Å². The highest BCUT2D eigenvalue weighted by atomic mass is 14.9. The molecule has 0 heterocycles. The van der Waals surface area contributed by atoms with Gasteiger partial charge in [-0.25, -0.2) is 0 Å². The third kappa shape index (κ3) is 3.34. The number of benzene rings is 1. The summed E-state index contributed by atoms with van der Waals surface area (Å²) < 4.78 is 0. The van der Waals surface area contributed by atoms with Crippen molar-refractivity contribution in [2.75, 3.05) is 6.54 Å². The second-order valence-corrected chi connectivity index (χ2v) is 4.90. The highest BCUT2D eigenvalue weighted by Crippen LogP contribution is 2.19. The summed E-state index contributed by atoms with van der Waals surface area (Å²) in [6.07, 6.45) is 1.17. The molecule has 1 heteroatoms. The number of hydrogen-bond acceptors (Lipinski definition) is 1. The van der Waals surface area contributed by atoms with Crippen LogP contribution >= 0.6 is 0 Å². The predicted molar refractivity (Wildman–Crippen MR) is 71.9 cm³/mol. The van der Waals surface area contributed by atoms with Crippen LogP contribution in [0.3, 0.4) is 0 Å². The molecule has 0 aliphatic rings. The fraction of sp³-hybridized carbons (Fsp3) is 0.600. The minimum Gasteiger partial charge on any atom is -0.314 e. The Balaban J connectivity index is 2.72. The lowest BCUT2D eigenvalue weighted by Gasteiger charge is -2.22. The van der Waals surface area contributed by atoms with Gasteiger partial charge in [-0.15, -0.1) is 0 Å². The standard InChI is InChI=1S/C15H25N/c1-6-16-14(5)13(4)10-15-11(2)8-7-9-12(15)3/h7-9,13-14,16H,6,10H2,1-5H3. The van der Waals surface area contributed by atoms with E-state index in [1.807, 2.05) is 0 Å². The maximum atomic E-state index is 3.50. The van der Waals surface area contributed by atoms with E-state index in [2.05, 4.69) is 58.1 Å². The van der Waals surface area contributed by atoms with Crippen molar-refractivity contribution in [2.45, 2.75) is 47.1 Å². The Hall–Kier alpha value is -0.820. The first kappa shape index (κ1) is 13.2. The Bertz CT molecular complexity index is 310. The first-order chi connectivity index (χ1) is 7.56. The van der Waals surface area contributed by atoms with E-state index in [1.54, 1.807) is 0 Å². The molecule has 0 aliphatic carbocycles. The van der Waals surface area contributed by atoms with E-state index in [4.69, 9.17) is 0 Å². The van der Waals surface area contributed by atoms with Crippen molar-refractivity contribution in [2.24, 2.45) is 5.92 Å². The van der Waals surface area contributed by atoms with Gasteiger partial charge < -0.3 is 5.32 Å². The molecule has 0 saturated heterocycles. The number of rotatable bonds is 5. The SMILES string of the molecule is CCNC(C)C(C)Cc1c(C)cccc1C. The summed E-state index contributed by atoms with van der Waals surface area (Å²) in [4.78, 5) is 0. The van der Waals surface area contributed by atoms with E-state index in [9.17, 15) is 0 Å². The molecule has 0 radical (unpaired) electrons. The molecular weight excluding hydrogens is 194 g/mol. The molecule has 0 aliphatic heterocycles. The van der Waals surface area contributed by atoms with Crippen LogP contribution in [-0.2, 0) is 6.42 Å². The fourth-order valence-electron chi connectivity index (χ4n) is 2.19. The van der Waals surface area contributed by atoms with Crippen LogP contribution in [-0.4, -0.2) is 12.6 Å². The minimum absolute atomic E-state index is 0.587. The average Bonchev–Trinajstić information content (AvgIpc) is 2.23. The summed E-state index contributed by atoms with van der Waals surface area (Å²) in [5.41, 5.74) is 4.38. The lowest BCUT2D eigenvalue weighted by molar-refractivity contribution is 0.405. The maximum absolute atomic E-state index is 3.50. The predicted octanol–water partition coefficient (Wildman–Crippen LogP) is 3.48. The number of aryl methyl sites for hydroxylation is 2. The van der Waals surface area contributed by atoms with E-state index in [1.165, 1.54) is 23.1 Å². The first-order valence-electron chi connectivity index (χ1n) is 6.34. The van der Waals surface area contributed by atoms with Crippen molar-refractivity contribution in [3.63, 3.8) is 0 Å². The monoisotopic (exact) mass is 219 g/mol. The van der Waals surface area contributed by atoms with Crippen LogP contribution in [0.2, 0.25) is 0 Å². The Morgan fingerprint density at radius 1 is 1.12 bits per heavy atom. The average molecular weight is 219 g/mol. The molecule has 0 bridgehead atoms. The van der Waals surface area contributed by atoms with Gasteiger partial charge in [0.15, 0.2) is 0 Å². The van der Waals surface area contributed by atoms with Gasteiger partial charge in [0.05, 0.1) is 0 Å². The molecule has 1 rings (SSSR count). The molecule has 0 aromatic heterocycles. The molecule has 1 aromatic carbocycles. The topological polar surface area (TPSA) is 12.0 Å². The van der Waals surface area contributed by atoms with Crippen LogP contribution in [0.15, 0.2) is 18.2 Å². The smallest absolute Gasteiger partial charge is 0.00674 e. The first-order valence-corrected chi connectivity index (χ1v) is 6.34. The van der Waals surface area contributed by atoms with E-state index in [-0.39, 0.29) is 0 Å². The molecule has 0 saturated carbocycles. The zero-order valence-electron chi connectivity index (χ0n) is 11.3. The van der Waals surface area contributed by atoms with Crippen LogP contribution in [0.4, 0.5) is 0 Å². The molecule has 16 heavy (non-hydrogen) atoms. The van der Waals surface area contributed by atoms with Gasteiger partial charge in [-0.05, 0) is 56.3 Å². The van der Waals surface area contributed by atoms with Gasteiger partial charge in [0.25, 0.3) is 0 Å². The van der Waals surface area contributed by atoms with Crippen molar-refractivity contribution in [3.05, 3.63) is 34.9 Å². The van der Waals surface area contributed by atoms with E-state index < -0.39 is 0 Å². The fourth-order valence-corrected chi connectivity index (χ4v) is 2.19. The summed E-state index contributed by atoms with van der Waals surface area (Å²) in [5.74, 6) is 0.680. The second kappa shape index (κ2) is 6.05. The molecule has 0 amide bonds. The van der Waals surface area contributed by atoms with Crippen LogP contribution < -0.4 is 5.32 Å². The molecule has 1 N–H and O–H groups in total. The number of nitrogens with one attached hydrogen (secondary N) is 1. The molecule has 1 nitrogen and oxygen atoms in total. The quantitative estimate of drug-likeness (QED) is 0.799. The number of hydrogen-bond donors (Lipinski definition) is 1. The van der Waals surface area contributed by atoms with Crippen LogP contribution in [0, 0.1) is 19.8 Å². The lowest BCUT2D eigenvalue weighted by atomic mass is 9.90. The van der Waals surface area contributed by atoms with E-state index in [0.717, 1.165) is 6.54 Å². The minimum atomic E-state index is 0.587. The zero-order chi connectivity index (χ0) is 12.1. The van der Waals surface area contributed by atoms with Crippen molar-refractivity contribution in [3.8, 4) is 0 Å². The van der Waals surface area contributed by atoms with E-state index in [0.29, 0.717) is 12.0 Å². The summed E-state index contributed by atoms with van der Waals surface area (Å²) in [6, 6.07) is 7.16. The van der Waals surface area contributed by atoms with Gasteiger partial charge in [0.2, 0.25) is 0 Å².